The molecule has 0 saturated heterocycles. The zero-order chi connectivity index (χ0) is 17.0. The van der Waals surface area contributed by atoms with Gasteiger partial charge in [0.2, 0.25) is 5.89 Å². The van der Waals surface area contributed by atoms with Gasteiger partial charge >= 0.3 is 0 Å². The molecule has 0 bridgehead atoms. The van der Waals surface area contributed by atoms with E-state index in [-0.39, 0.29) is 23.7 Å². The summed E-state index contributed by atoms with van der Waals surface area (Å²) in [7, 11) is 1.59. The molecule has 6 nitrogen and oxygen atoms in total. The van der Waals surface area contributed by atoms with Crippen molar-refractivity contribution in [2.45, 2.75) is 39.8 Å². The Morgan fingerprint density at radius 1 is 1.30 bits per heavy atom. The van der Waals surface area contributed by atoms with E-state index in [2.05, 4.69) is 10.3 Å². The molecule has 6 heteroatoms. The Kier molecular flexibility index (Phi) is 4.93. The highest BCUT2D eigenvalue weighted by molar-refractivity contribution is 5.92. The molecule has 0 fully saturated rings. The molecule has 0 atom stereocenters. The molecule has 0 saturated carbocycles. The number of nitrogens with zero attached hydrogens (tertiary/aromatic N) is 1. The van der Waals surface area contributed by atoms with Crippen LogP contribution in [0, 0.1) is 6.92 Å². The number of hydrogen-bond donors (Lipinski definition) is 1. The Bertz CT molecular complexity index is 686. The Morgan fingerprint density at radius 2 is 2.04 bits per heavy atom. The third-order valence-corrected chi connectivity index (χ3v) is 2.94. The first-order valence-corrected chi connectivity index (χ1v) is 7.33. The smallest absolute Gasteiger partial charge is 0.273 e. The van der Waals surface area contributed by atoms with Crippen molar-refractivity contribution >= 4 is 5.91 Å². The first kappa shape index (κ1) is 16.9. The van der Waals surface area contributed by atoms with E-state index >= 15 is 0 Å². The largest absolute Gasteiger partial charge is 0.493 e. The number of carbonyl (C=O) groups is 1. The number of methoxy groups -OCH3 is 1. The first-order valence-electron chi connectivity index (χ1n) is 7.33. The molecule has 1 N–H and O–H groups in total. The van der Waals surface area contributed by atoms with Gasteiger partial charge in [0.15, 0.2) is 23.8 Å². The number of rotatable bonds is 5. The van der Waals surface area contributed by atoms with Crippen molar-refractivity contribution in [1.29, 1.82) is 0 Å². The number of aromatic nitrogens is 1. The summed E-state index contributed by atoms with van der Waals surface area (Å²) in [6, 6.07) is 5.63. The van der Waals surface area contributed by atoms with E-state index in [4.69, 9.17) is 13.9 Å². The third kappa shape index (κ3) is 4.74. The van der Waals surface area contributed by atoms with Crippen LogP contribution in [0.3, 0.4) is 0 Å². The molecule has 2 rings (SSSR count). The molecular weight excluding hydrogens is 296 g/mol. The van der Waals surface area contributed by atoms with Gasteiger partial charge in [-0.1, -0.05) is 6.07 Å². The Labute approximate surface area is 135 Å². The lowest BCUT2D eigenvalue weighted by Crippen LogP contribution is -2.40. The highest BCUT2D eigenvalue weighted by Crippen LogP contribution is 2.28. The van der Waals surface area contributed by atoms with Gasteiger partial charge in [0.1, 0.15) is 6.26 Å². The summed E-state index contributed by atoms with van der Waals surface area (Å²) in [6.07, 6.45) is 1.33. The Balaban J connectivity index is 2.01. The quantitative estimate of drug-likeness (QED) is 0.917. The summed E-state index contributed by atoms with van der Waals surface area (Å²) in [5, 5.41) is 2.82. The second kappa shape index (κ2) is 6.73. The van der Waals surface area contributed by atoms with E-state index in [0.717, 1.165) is 5.56 Å². The van der Waals surface area contributed by atoms with Crippen LogP contribution in [0.2, 0.25) is 0 Å². The number of nitrogens with one attached hydrogen (secondary N) is 1. The van der Waals surface area contributed by atoms with Crippen LogP contribution in [0.4, 0.5) is 0 Å². The van der Waals surface area contributed by atoms with Gasteiger partial charge in [-0.15, -0.1) is 0 Å². The standard InChI is InChI=1S/C17H22N2O4/c1-11-6-7-13(14(8-11)21-5)22-10-15-18-12(9-23-15)16(20)19-17(2,3)4/h6-9H,10H2,1-5H3,(H,19,20). The molecule has 0 aliphatic heterocycles. The summed E-state index contributed by atoms with van der Waals surface area (Å²) >= 11 is 0. The lowest BCUT2D eigenvalue weighted by atomic mass is 10.1. The van der Waals surface area contributed by atoms with Crippen molar-refractivity contribution in [3.63, 3.8) is 0 Å². The molecule has 23 heavy (non-hydrogen) atoms. The fourth-order valence-electron chi connectivity index (χ4n) is 1.92. The topological polar surface area (TPSA) is 73.6 Å². The van der Waals surface area contributed by atoms with Gasteiger partial charge in [-0.2, -0.15) is 0 Å². The van der Waals surface area contributed by atoms with Crippen molar-refractivity contribution in [3.05, 3.63) is 41.6 Å². The number of carbonyl (C=O) groups excluding carboxylic acids is 1. The van der Waals surface area contributed by atoms with Crippen LogP contribution >= 0.6 is 0 Å². The van der Waals surface area contributed by atoms with Gasteiger partial charge in [-0.3, -0.25) is 4.79 Å². The first-order chi connectivity index (χ1) is 10.8. The van der Waals surface area contributed by atoms with Gasteiger partial charge in [-0.05, 0) is 45.4 Å². The molecule has 0 unspecified atom stereocenters. The van der Waals surface area contributed by atoms with Crippen molar-refractivity contribution in [2.24, 2.45) is 0 Å². The van der Waals surface area contributed by atoms with E-state index in [0.29, 0.717) is 17.4 Å². The zero-order valence-corrected chi connectivity index (χ0v) is 14.1. The maximum Gasteiger partial charge on any atom is 0.273 e. The van der Waals surface area contributed by atoms with Crippen LogP contribution in [0.1, 0.15) is 42.7 Å². The van der Waals surface area contributed by atoms with E-state index in [9.17, 15) is 4.79 Å². The normalized spacial score (nSPS) is 11.2. The number of aryl methyl sites for hydroxylation is 1. The summed E-state index contributed by atoms with van der Waals surface area (Å²) < 4.78 is 16.2. The van der Waals surface area contributed by atoms with Gasteiger partial charge < -0.3 is 19.2 Å². The van der Waals surface area contributed by atoms with E-state index < -0.39 is 0 Å². The summed E-state index contributed by atoms with van der Waals surface area (Å²) in [4.78, 5) is 16.1. The molecule has 1 aromatic carbocycles. The van der Waals surface area contributed by atoms with Crippen LogP contribution in [0.5, 0.6) is 11.5 Å². The third-order valence-electron chi connectivity index (χ3n) is 2.94. The second-order valence-corrected chi connectivity index (χ2v) is 6.27. The average Bonchev–Trinajstić information content (AvgIpc) is 2.93. The maximum atomic E-state index is 12.0. The molecule has 1 amide bonds. The number of benzene rings is 1. The SMILES string of the molecule is COc1cc(C)ccc1OCc1nc(C(=O)NC(C)(C)C)co1. The van der Waals surface area contributed by atoms with Crippen molar-refractivity contribution in [3.8, 4) is 11.5 Å². The molecule has 0 spiro atoms. The average molecular weight is 318 g/mol. The van der Waals surface area contributed by atoms with Crippen molar-refractivity contribution in [2.75, 3.05) is 7.11 Å². The number of amides is 1. The molecule has 1 aromatic heterocycles. The van der Waals surface area contributed by atoms with Gasteiger partial charge in [0.05, 0.1) is 7.11 Å². The zero-order valence-electron chi connectivity index (χ0n) is 14.1. The molecule has 0 aliphatic carbocycles. The van der Waals surface area contributed by atoms with Crippen molar-refractivity contribution in [1.82, 2.24) is 10.3 Å². The predicted molar refractivity (Wildman–Crippen MR) is 85.8 cm³/mol. The maximum absolute atomic E-state index is 12.0. The van der Waals surface area contributed by atoms with Gasteiger partial charge in [0.25, 0.3) is 5.91 Å². The number of oxazole rings is 1. The molecule has 124 valence electrons. The summed E-state index contributed by atoms with van der Waals surface area (Å²) in [5.74, 6) is 1.28. The van der Waals surface area contributed by atoms with E-state index in [1.807, 2.05) is 45.9 Å². The van der Waals surface area contributed by atoms with E-state index in [1.165, 1.54) is 6.26 Å². The number of ether oxygens (including phenoxy) is 2. The van der Waals surface area contributed by atoms with Crippen LogP contribution in [-0.4, -0.2) is 23.5 Å². The predicted octanol–water partition coefficient (Wildman–Crippen LogP) is 3.10. The van der Waals surface area contributed by atoms with E-state index in [1.54, 1.807) is 7.11 Å². The molecule has 0 aliphatic rings. The number of hydrogen-bond acceptors (Lipinski definition) is 5. The summed E-state index contributed by atoms with van der Waals surface area (Å²) in [5.41, 5.74) is 0.975. The lowest BCUT2D eigenvalue weighted by Gasteiger charge is -2.19. The highest BCUT2D eigenvalue weighted by atomic mass is 16.5. The second-order valence-electron chi connectivity index (χ2n) is 6.27. The van der Waals surface area contributed by atoms with Crippen LogP contribution in [-0.2, 0) is 6.61 Å². The fraction of sp³-hybridized carbons (Fsp3) is 0.412. The Hall–Kier alpha value is -2.50. The van der Waals surface area contributed by atoms with Gasteiger partial charge in [0, 0.05) is 5.54 Å². The minimum atomic E-state index is -0.331. The molecular formula is C17H22N2O4. The minimum absolute atomic E-state index is 0.113. The van der Waals surface area contributed by atoms with Crippen LogP contribution in [0.25, 0.3) is 0 Å². The van der Waals surface area contributed by atoms with Crippen molar-refractivity contribution < 1.29 is 18.7 Å². The Morgan fingerprint density at radius 3 is 2.70 bits per heavy atom. The monoisotopic (exact) mass is 318 g/mol. The lowest BCUT2D eigenvalue weighted by molar-refractivity contribution is 0.0914. The summed E-state index contributed by atoms with van der Waals surface area (Å²) in [6.45, 7) is 7.79. The highest BCUT2D eigenvalue weighted by Gasteiger charge is 2.18. The van der Waals surface area contributed by atoms with Crippen LogP contribution in [0.15, 0.2) is 28.9 Å². The molecule has 1 heterocycles. The minimum Gasteiger partial charge on any atom is -0.493 e. The molecule has 2 aromatic rings. The molecule has 0 radical (unpaired) electrons. The fourth-order valence-corrected chi connectivity index (χ4v) is 1.92. The van der Waals surface area contributed by atoms with Crippen LogP contribution < -0.4 is 14.8 Å². The van der Waals surface area contributed by atoms with Gasteiger partial charge in [-0.25, -0.2) is 4.98 Å².